The number of piperidine rings is 1. The molecule has 0 N–H and O–H groups in total. The van der Waals surface area contributed by atoms with E-state index < -0.39 is 5.60 Å². The molecule has 8 nitrogen and oxygen atoms in total. The molecule has 2 fully saturated rings. The van der Waals surface area contributed by atoms with Gasteiger partial charge in [-0.15, -0.1) is 0 Å². The maximum atomic E-state index is 12.9. The van der Waals surface area contributed by atoms with Crippen LogP contribution in [0, 0.1) is 0 Å². The standard InChI is InChI=1S/C27H36N4O4/c1-27(2,3)35-25(32)30-17-15-29(16-18-30)24-13-12-22(19-28-24)23-11-7-8-14-31(23)26(33)34-20-21-9-5-4-6-10-21/h4-6,9-10,12-13,19,23H,7-8,11,14-18,20H2,1-3H3. The fourth-order valence-corrected chi connectivity index (χ4v) is 4.53. The van der Waals surface area contributed by atoms with Crippen molar-refractivity contribution in [3.8, 4) is 0 Å². The minimum Gasteiger partial charge on any atom is -0.445 e. The van der Waals surface area contributed by atoms with Crippen molar-refractivity contribution in [1.29, 1.82) is 0 Å². The minimum absolute atomic E-state index is 0.0300. The molecular weight excluding hydrogens is 444 g/mol. The third kappa shape index (κ3) is 6.65. The van der Waals surface area contributed by atoms with Gasteiger partial charge in [-0.2, -0.15) is 0 Å². The molecule has 2 aromatic rings. The molecule has 2 aliphatic rings. The lowest BCUT2D eigenvalue weighted by molar-refractivity contribution is 0.0240. The van der Waals surface area contributed by atoms with E-state index in [1.807, 2.05) is 68.3 Å². The second kappa shape index (κ2) is 11.0. The van der Waals surface area contributed by atoms with Gasteiger partial charge in [-0.25, -0.2) is 14.6 Å². The predicted molar refractivity (Wildman–Crippen MR) is 134 cm³/mol. The van der Waals surface area contributed by atoms with Crippen LogP contribution < -0.4 is 4.90 Å². The van der Waals surface area contributed by atoms with E-state index in [0.717, 1.165) is 36.2 Å². The van der Waals surface area contributed by atoms with Gasteiger partial charge >= 0.3 is 12.2 Å². The molecule has 1 unspecified atom stereocenters. The number of aromatic nitrogens is 1. The van der Waals surface area contributed by atoms with Gasteiger partial charge in [0.2, 0.25) is 0 Å². The summed E-state index contributed by atoms with van der Waals surface area (Å²) in [5.74, 6) is 0.881. The molecule has 0 bridgehead atoms. The number of pyridine rings is 1. The number of carbonyl (C=O) groups excluding carboxylic acids is 2. The van der Waals surface area contributed by atoms with E-state index in [2.05, 4.69) is 11.0 Å². The number of carbonyl (C=O) groups is 2. The van der Waals surface area contributed by atoms with Crippen LogP contribution in [0.4, 0.5) is 15.4 Å². The molecule has 2 saturated heterocycles. The Morgan fingerprint density at radius 3 is 2.34 bits per heavy atom. The van der Waals surface area contributed by atoms with E-state index in [1.54, 1.807) is 4.90 Å². The average Bonchev–Trinajstić information content (AvgIpc) is 2.87. The fourth-order valence-electron chi connectivity index (χ4n) is 4.53. The van der Waals surface area contributed by atoms with E-state index in [-0.39, 0.29) is 24.8 Å². The quantitative estimate of drug-likeness (QED) is 0.613. The molecule has 188 valence electrons. The highest BCUT2D eigenvalue weighted by Gasteiger charge is 2.30. The number of anilines is 1. The summed E-state index contributed by atoms with van der Waals surface area (Å²) in [5, 5.41) is 0. The van der Waals surface area contributed by atoms with Crippen molar-refractivity contribution in [2.24, 2.45) is 0 Å². The normalized spacial score (nSPS) is 18.8. The van der Waals surface area contributed by atoms with Gasteiger partial charge in [0.05, 0.1) is 6.04 Å². The molecular formula is C27H36N4O4. The zero-order valence-electron chi connectivity index (χ0n) is 21.0. The average molecular weight is 481 g/mol. The Morgan fingerprint density at radius 1 is 0.943 bits per heavy atom. The first-order valence-corrected chi connectivity index (χ1v) is 12.5. The topological polar surface area (TPSA) is 75.2 Å². The van der Waals surface area contributed by atoms with E-state index in [9.17, 15) is 9.59 Å². The Bertz CT molecular complexity index is 982. The van der Waals surface area contributed by atoms with Crippen LogP contribution in [-0.4, -0.2) is 65.3 Å². The summed E-state index contributed by atoms with van der Waals surface area (Å²) in [5.41, 5.74) is 1.51. The van der Waals surface area contributed by atoms with Gasteiger partial charge in [0.15, 0.2) is 0 Å². The van der Waals surface area contributed by atoms with Crippen molar-refractivity contribution in [3.63, 3.8) is 0 Å². The van der Waals surface area contributed by atoms with Crippen molar-refractivity contribution in [2.75, 3.05) is 37.6 Å². The zero-order valence-corrected chi connectivity index (χ0v) is 21.0. The number of nitrogens with zero attached hydrogens (tertiary/aromatic N) is 4. The Kier molecular flexibility index (Phi) is 7.78. The molecule has 1 atom stereocenters. The van der Waals surface area contributed by atoms with Gasteiger partial charge in [0, 0.05) is 38.9 Å². The summed E-state index contributed by atoms with van der Waals surface area (Å²) in [6.07, 6.45) is 4.28. The summed E-state index contributed by atoms with van der Waals surface area (Å²) in [6.45, 7) is 9.20. The molecule has 2 amide bonds. The Morgan fingerprint density at radius 2 is 1.69 bits per heavy atom. The SMILES string of the molecule is CC(C)(C)OC(=O)N1CCN(c2ccc(C3CCCCN3C(=O)OCc3ccccc3)cn2)CC1. The van der Waals surface area contributed by atoms with Crippen LogP contribution in [-0.2, 0) is 16.1 Å². The smallest absolute Gasteiger partial charge is 0.410 e. The van der Waals surface area contributed by atoms with Gasteiger partial charge in [-0.1, -0.05) is 36.4 Å². The molecule has 1 aromatic heterocycles. The van der Waals surface area contributed by atoms with Crippen molar-refractivity contribution in [1.82, 2.24) is 14.8 Å². The first kappa shape index (κ1) is 24.8. The number of hydrogen-bond acceptors (Lipinski definition) is 6. The van der Waals surface area contributed by atoms with Crippen LogP contribution in [0.3, 0.4) is 0 Å². The number of piperazine rings is 1. The van der Waals surface area contributed by atoms with Crippen LogP contribution in [0.1, 0.15) is 57.2 Å². The van der Waals surface area contributed by atoms with Crippen molar-refractivity contribution >= 4 is 18.0 Å². The third-order valence-corrected chi connectivity index (χ3v) is 6.35. The second-order valence-corrected chi connectivity index (χ2v) is 10.1. The highest BCUT2D eigenvalue weighted by molar-refractivity contribution is 5.69. The molecule has 4 rings (SSSR count). The molecule has 1 aromatic carbocycles. The first-order chi connectivity index (χ1) is 16.8. The largest absolute Gasteiger partial charge is 0.445 e. The maximum Gasteiger partial charge on any atom is 0.410 e. The van der Waals surface area contributed by atoms with Gasteiger partial charge in [0.1, 0.15) is 18.0 Å². The Hall–Kier alpha value is -3.29. The molecule has 0 radical (unpaired) electrons. The highest BCUT2D eigenvalue weighted by atomic mass is 16.6. The molecule has 35 heavy (non-hydrogen) atoms. The van der Waals surface area contributed by atoms with Crippen LogP contribution in [0.5, 0.6) is 0 Å². The number of benzene rings is 1. The Balaban J connectivity index is 1.34. The number of ether oxygens (including phenoxy) is 2. The van der Waals surface area contributed by atoms with Gasteiger partial charge < -0.3 is 24.2 Å². The molecule has 0 aliphatic carbocycles. The lowest BCUT2D eigenvalue weighted by atomic mass is 9.97. The summed E-state index contributed by atoms with van der Waals surface area (Å²) in [6, 6.07) is 13.8. The van der Waals surface area contributed by atoms with Crippen LogP contribution in [0.15, 0.2) is 48.7 Å². The highest BCUT2D eigenvalue weighted by Crippen LogP contribution is 2.32. The monoisotopic (exact) mass is 480 g/mol. The lowest BCUT2D eigenvalue weighted by Crippen LogP contribution is -2.50. The fraction of sp³-hybridized carbons (Fsp3) is 0.519. The molecule has 2 aliphatic heterocycles. The summed E-state index contributed by atoms with van der Waals surface area (Å²) in [4.78, 5) is 35.7. The number of hydrogen-bond donors (Lipinski definition) is 0. The first-order valence-electron chi connectivity index (χ1n) is 12.5. The van der Waals surface area contributed by atoms with Gasteiger partial charge in [0.25, 0.3) is 0 Å². The molecule has 3 heterocycles. The number of rotatable bonds is 4. The van der Waals surface area contributed by atoms with Crippen molar-refractivity contribution < 1.29 is 19.1 Å². The van der Waals surface area contributed by atoms with E-state index in [1.165, 1.54) is 0 Å². The summed E-state index contributed by atoms with van der Waals surface area (Å²) >= 11 is 0. The van der Waals surface area contributed by atoms with Gasteiger partial charge in [-0.05, 0) is 57.2 Å². The van der Waals surface area contributed by atoms with E-state index >= 15 is 0 Å². The van der Waals surface area contributed by atoms with E-state index in [4.69, 9.17) is 14.5 Å². The Labute approximate surface area is 207 Å². The molecule has 8 heteroatoms. The van der Waals surface area contributed by atoms with E-state index in [0.29, 0.717) is 32.7 Å². The predicted octanol–water partition coefficient (Wildman–Crippen LogP) is 5.00. The van der Waals surface area contributed by atoms with Crippen molar-refractivity contribution in [2.45, 2.75) is 58.3 Å². The number of amides is 2. The second-order valence-electron chi connectivity index (χ2n) is 10.1. The van der Waals surface area contributed by atoms with Crippen LogP contribution >= 0.6 is 0 Å². The number of likely N-dealkylation sites (tertiary alicyclic amines) is 1. The van der Waals surface area contributed by atoms with Gasteiger partial charge in [-0.3, -0.25) is 0 Å². The van der Waals surface area contributed by atoms with Crippen LogP contribution in [0.2, 0.25) is 0 Å². The lowest BCUT2D eigenvalue weighted by Gasteiger charge is -2.37. The molecule has 0 saturated carbocycles. The summed E-state index contributed by atoms with van der Waals surface area (Å²) < 4.78 is 11.1. The molecule has 0 spiro atoms. The summed E-state index contributed by atoms with van der Waals surface area (Å²) in [7, 11) is 0. The zero-order chi connectivity index (χ0) is 24.8. The maximum absolute atomic E-state index is 12.9. The van der Waals surface area contributed by atoms with Crippen LogP contribution in [0.25, 0.3) is 0 Å². The van der Waals surface area contributed by atoms with Crippen molar-refractivity contribution in [3.05, 3.63) is 59.8 Å². The minimum atomic E-state index is -0.493. The third-order valence-electron chi connectivity index (χ3n) is 6.35.